The van der Waals surface area contributed by atoms with Gasteiger partial charge in [0, 0.05) is 23.9 Å². The average molecular weight is 312 g/mol. The summed E-state index contributed by atoms with van der Waals surface area (Å²) in [7, 11) is -3.58. The number of benzene rings is 1. The molecule has 0 aliphatic carbocycles. The number of amides is 1. The molecular weight excluding hydrogens is 296 g/mol. The molecule has 7 nitrogen and oxygen atoms in total. The van der Waals surface area contributed by atoms with Gasteiger partial charge in [0.15, 0.2) is 0 Å². The van der Waals surface area contributed by atoms with E-state index in [1.807, 2.05) is 0 Å². The molecule has 21 heavy (non-hydrogen) atoms. The van der Waals surface area contributed by atoms with Crippen LogP contribution in [0.1, 0.15) is 13.8 Å². The van der Waals surface area contributed by atoms with Gasteiger partial charge in [0.05, 0.1) is 4.90 Å². The van der Waals surface area contributed by atoms with Crippen molar-refractivity contribution in [3.63, 3.8) is 0 Å². The zero-order valence-electron chi connectivity index (χ0n) is 11.5. The van der Waals surface area contributed by atoms with E-state index in [9.17, 15) is 18.0 Å². The first-order valence-electron chi connectivity index (χ1n) is 6.05. The largest absolute Gasteiger partial charge is 0.478 e. The lowest BCUT2D eigenvalue weighted by molar-refractivity contribution is -0.131. The molecule has 0 aromatic heterocycles. The molecule has 0 saturated carbocycles. The number of nitrogens with one attached hydrogen (secondary N) is 2. The fourth-order valence-corrected chi connectivity index (χ4v) is 2.68. The lowest BCUT2D eigenvalue weighted by atomic mass is 10.3. The van der Waals surface area contributed by atoms with E-state index in [1.54, 1.807) is 13.8 Å². The zero-order valence-corrected chi connectivity index (χ0v) is 12.3. The number of carboxylic acids is 1. The summed E-state index contributed by atoms with van der Waals surface area (Å²) in [5.41, 5.74) is 0.360. The van der Waals surface area contributed by atoms with Crippen LogP contribution in [-0.4, -0.2) is 31.4 Å². The first-order valence-corrected chi connectivity index (χ1v) is 7.53. The standard InChI is InChI=1S/C13H16N2O5S/c1-9(2)15-21(19,20)11-5-3-10(4-6-11)14-12(16)7-8-13(17)18/h3-9,15H,1-2H3,(H,14,16)(H,17,18)/b8-7+. The number of carboxylic acid groups (broad SMARTS) is 1. The number of carbonyl (C=O) groups excluding carboxylic acids is 1. The Labute approximate surface area is 122 Å². The summed E-state index contributed by atoms with van der Waals surface area (Å²) in [6.07, 6.45) is 1.58. The van der Waals surface area contributed by atoms with Crippen LogP contribution < -0.4 is 10.0 Å². The third-order valence-corrected chi connectivity index (χ3v) is 3.87. The van der Waals surface area contributed by atoms with Crippen molar-refractivity contribution in [1.82, 2.24) is 4.72 Å². The molecule has 0 spiro atoms. The van der Waals surface area contributed by atoms with E-state index in [0.717, 1.165) is 6.08 Å². The highest BCUT2D eigenvalue weighted by atomic mass is 32.2. The summed E-state index contributed by atoms with van der Waals surface area (Å²) in [6.45, 7) is 3.42. The molecule has 0 bridgehead atoms. The monoisotopic (exact) mass is 312 g/mol. The van der Waals surface area contributed by atoms with Gasteiger partial charge in [0.1, 0.15) is 0 Å². The molecule has 0 saturated heterocycles. The van der Waals surface area contributed by atoms with Gasteiger partial charge < -0.3 is 10.4 Å². The van der Waals surface area contributed by atoms with E-state index in [0.29, 0.717) is 11.8 Å². The minimum absolute atomic E-state index is 0.0790. The summed E-state index contributed by atoms with van der Waals surface area (Å²) in [5.74, 6) is -1.85. The molecule has 8 heteroatoms. The average Bonchev–Trinajstić information content (AvgIpc) is 2.35. The molecule has 1 aromatic rings. The van der Waals surface area contributed by atoms with Gasteiger partial charge in [0.25, 0.3) is 0 Å². The van der Waals surface area contributed by atoms with Crippen LogP contribution in [0.5, 0.6) is 0 Å². The van der Waals surface area contributed by atoms with Crippen LogP contribution in [0, 0.1) is 0 Å². The lowest BCUT2D eigenvalue weighted by Gasteiger charge is -2.10. The number of rotatable bonds is 6. The van der Waals surface area contributed by atoms with Gasteiger partial charge in [-0.1, -0.05) is 0 Å². The number of anilines is 1. The fraction of sp³-hybridized carbons (Fsp3) is 0.231. The SMILES string of the molecule is CC(C)NS(=O)(=O)c1ccc(NC(=O)/C=C/C(=O)O)cc1. The van der Waals surface area contributed by atoms with Crippen molar-refractivity contribution in [1.29, 1.82) is 0 Å². The predicted molar refractivity (Wildman–Crippen MR) is 77.3 cm³/mol. The smallest absolute Gasteiger partial charge is 0.328 e. The van der Waals surface area contributed by atoms with E-state index in [-0.39, 0.29) is 10.9 Å². The summed E-state index contributed by atoms with van der Waals surface area (Å²) < 4.78 is 26.2. The summed E-state index contributed by atoms with van der Waals surface area (Å²) in [4.78, 5) is 21.7. The van der Waals surface area contributed by atoms with E-state index in [4.69, 9.17) is 5.11 Å². The Morgan fingerprint density at radius 2 is 1.71 bits per heavy atom. The molecule has 1 amide bonds. The van der Waals surface area contributed by atoms with Crippen LogP contribution in [0.25, 0.3) is 0 Å². The van der Waals surface area contributed by atoms with Gasteiger partial charge in [0.2, 0.25) is 15.9 Å². The Balaban J connectivity index is 2.79. The Bertz CT molecular complexity index is 648. The second-order valence-corrected chi connectivity index (χ2v) is 6.18. The highest BCUT2D eigenvalue weighted by Gasteiger charge is 2.14. The van der Waals surface area contributed by atoms with Gasteiger partial charge in [-0.2, -0.15) is 0 Å². The molecule has 114 valence electrons. The Morgan fingerprint density at radius 1 is 1.14 bits per heavy atom. The molecule has 0 fully saturated rings. The number of hydrogen-bond acceptors (Lipinski definition) is 4. The number of sulfonamides is 1. The van der Waals surface area contributed by atoms with Gasteiger partial charge >= 0.3 is 5.97 Å². The molecule has 0 aliphatic rings. The van der Waals surface area contributed by atoms with Gasteiger partial charge in [-0.3, -0.25) is 4.79 Å². The van der Waals surface area contributed by atoms with Crippen LogP contribution in [-0.2, 0) is 19.6 Å². The van der Waals surface area contributed by atoms with Crippen LogP contribution >= 0.6 is 0 Å². The van der Waals surface area contributed by atoms with Crippen molar-refractivity contribution in [2.45, 2.75) is 24.8 Å². The second-order valence-electron chi connectivity index (χ2n) is 4.46. The normalized spacial score (nSPS) is 11.8. The van der Waals surface area contributed by atoms with Gasteiger partial charge in [-0.25, -0.2) is 17.9 Å². The highest BCUT2D eigenvalue weighted by Crippen LogP contribution is 2.14. The molecule has 1 rings (SSSR count). The first-order chi connectivity index (χ1) is 9.70. The molecular formula is C13H16N2O5S. The van der Waals surface area contributed by atoms with Crippen molar-refractivity contribution in [3.8, 4) is 0 Å². The van der Waals surface area contributed by atoms with E-state index >= 15 is 0 Å². The van der Waals surface area contributed by atoms with E-state index < -0.39 is 21.9 Å². The molecule has 0 radical (unpaired) electrons. The highest BCUT2D eigenvalue weighted by molar-refractivity contribution is 7.89. The van der Waals surface area contributed by atoms with Crippen molar-refractivity contribution >= 4 is 27.6 Å². The van der Waals surface area contributed by atoms with Crippen LogP contribution in [0.15, 0.2) is 41.3 Å². The third kappa shape index (κ3) is 5.76. The Kier molecular flexibility index (Phi) is 5.62. The summed E-state index contributed by atoms with van der Waals surface area (Å²) in [5, 5.41) is 10.8. The maximum atomic E-state index is 11.9. The van der Waals surface area contributed by atoms with Gasteiger partial charge in [-0.15, -0.1) is 0 Å². The predicted octanol–water partition coefficient (Wildman–Crippen LogP) is 0.953. The third-order valence-electron chi connectivity index (χ3n) is 2.20. The summed E-state index contributed by atoms with van der Waals surface area (Å²) in [6, 6.07) is 5.31. The van der Waals surface area contributed by atoms with Crippen molar-refractivity contribution in [2.75, 3.05) is 5.32 Å². The second kappa shape index (κ2) is 7.00. The minimum Gasteiger partial charge on any atom is -0.478 e. The maximum Gasteiger partial charge on any atom is 0.328 e. The van der Waals surface area contributed by atoms with Gasteiger partial charge in [-0.05, 0) is 38.1 Å². The van der Waals surface area contributed by atoms with E-state index in [2.05, 4.69) is 10.0 Å². The van der Waals surface area contributed by atoms with Crippen LogP contribution in [0.4, 0.5) is 5.69 Å². The first kappa shape index (κ1) is 16.9. The number of hydrogen-bond donors (Lipinski definition) is 3. The van der Waals surface area contributed by atoms with Crippen molar-refractivity contribution < 1.29 is 23.1 Å². The lowest BCUT2D eigenvalue weighted by Crippen LogP contribution is -2.30. The van der Waals surface area contributed by atoms with Crippen molar-refractivity contribution in [2.24, 2.45) is 0 Å². The molecule has 1 aromatic carbocycles. The van der Waals surface area contributed by atoms with Crippen molar-refractivity contribution in [3.05, 3.63) is 36.4 Å². The zero-order chi connectivity index (χ0) is 16.0. The topological polar surface area (TPSA) is 113 Å². The number of carbonyl (C=O) groups is 2. The fourth-order valence-electron chi connectivity index (χ4n) is 1.43. The number of aliphatic carboxylic acids is 1. The molecule has 0 aliphatic heterocycles. The molecule has 3 N–H and O–H groups in total. The molecule has 0 unspecified atom stereocenters. The van der Waals surface area contributed by atoms with Crippen LogP contribution in [0.2, 0.25) is 0 Å². The quantitative estimate of drug-likeness (QED) is 0.677. The Hall–Kier alpha value is -2.19. The van der Waals surface area contributed by atoms with E-state index in [1.165, 1.54) is 24.3 Å². The maximum absolute atomic E-state index is 11.9. The van der Waals surface area contributed by atoms with Crippen LogP contribution in [0.3, 0.4) is 0 Å². The molecule has 0 heterocycles. The Morgan fingerprint density at radius 3 is 2.19 bits per heavy atom. The molecule has 0 atom stereocenters. The minimum atomic E-state index is -3.58. The summed E-state index contributed by atoms with van der Waals surface area (Å²) >= 11 is 0.